The van der Waals surface area contributed by atoms with Crippen molar-refractivity contribution >= 4 is 52.1 Å². The van der Waals surface area contributed by atoms with Gasteiger partial charge in [0.1, 0.15) is 16.3 Å². The number of nitrogens with zero attached hydrogens (tertiary/aromatic N) is 3. The molecule has 0 aromatic carbocycles. The number of rotatable bonds is 9. The fourth-order valence-corrected chi connectivity index (χ4v) is 8.87. The Morgan fingerprint density at radius 2 is 1.82 bits per heavy atom. The molecule has 5 rings (SSSR count). The number of aliphatic carboxylic acids is 1. The molecular formula is C33H34ClF6N3O5S2. The Morgan fingerprint density at radius 3 is 2.44 bits per heavy atom. The number of pyridine rings is 1. The summed E-state index contributed by atoms with van der Waals surface area (Å²) in [6, 6.07) is 2.19. The van der Waals surface area contributed by atoms with Gasteiger partial charge in [-0.2, -0.15) is 26.3 Å². The summed E-state index contributed by atoms with van der Waals surface area (Å²) in [5.74, 6) is -3.24. The maximum atomic E-state index is 15.3. The Hall–Kier alpha value is -3.37. The number of piperidine rings is 1. The zero-order chi connectivity index (χ0) is 36.8. The molecule has 0 radical (unpaired) electrons. The largest absolute Gasteiger partial charge is 0.481 e. The number of thiophene rings is 2. The van der Waals surface area contributed by atoms with Crippen LogP contribution in [0.3, 0.4) is 0 Å². The molecule has 272 valence electrons. The predicted molar refractivity (Wildman–Crippen MR) is 174 cm³/mol. The molecular weight excluding hydrogens is 732 g/mol. The van der Waals surface area contributed by atoms with Crippen molar-refractivity contribution in [3.8, 4) is 5.75 Å². The van der Waals surface area contributed by atoms with E-state index in [1.165, 1.54) is 30.1 Å². The van der Waals surface area contributed by atoms with Gasteiger partial charge in [0.2, 0.25) is 5.60 Å². The summed E-state index contributed by atoms with van der Waals surface area (Å²) in [5, 5.41) is 11.1. The molecule has 8 nitrogen and oxygen atoms in total. The lowest BCUT2D eigenvalue weighted by molar-refractivity contribution is -0.164. The average Bonchev–Trinajstić information content (AvgIpc) is 3.67. The van der Waals surface area contributed by atoms with Gasteiger partial charge in [-0.15, -0.1) is 22.7 Å². The summed E-state index contributed by atoms with van der Waals surface area (Å²) in [6.07, 6.45) is -8.02. The highest BCUT2D eigenvalue weighted by molar-refractivity contribution is 7.16. The lowest BCUT2D eigenvalue weighted by Crippen LogP contribution is -2.68. The Labute approximate surface area is 297 Å². The second-order valence-corrected chi connectivity index (χ2v) is 15.7. The maximum Gasteiger partial charge on any atom is 0.425 e. The highest BCUT2D eigenvalue weighted by Gasteiger charge is 2.57. The van der Waals surface area contributed by atoms with Crippen molar-refractivity contribution in [2.24, 2.45) is 5.41 Å². The molecule has 2 amide bonds. The van der Waals surface area contributed by atoms with Crippen molar-refractivity contribution in [1.29, 1.82) is 0 Å². The molecule has 0 saturated carbocycles. The molecule has 3 aromatic rings. The summed E-state index contributed by atoms with van der Waals surface area (Å²) < 4.78 is 90.0. The Kier molecular flexibility index (Phi) is 10.6. The van der Waals surface area contributed by atoms with Crippen molar-refractivity contribution in [3.63, 3.8) is 0 Å². The molecule has 1 N–H and O–H groups in total. The van der Waals surface area contributed by atoms with Crippen molar-refractivity contribution in [3.05, 3.63) is 66.8 Å². The number of amides is 2. The molecule has 3 aromatic heterocycles. The lowest BCUT2D eigenvalue weighted by Gasteiger charge is -2.51. The van der Waals surface area contributed by atoms with E-state index in [1.807, 2.05) is 0 Å². The van der Waals surface area contributed by atoms with Crippen LogP contribution in [0.15, 0.2) is 35.8 Å². The molecule has 0 aliphatic carbocycles. The smallest absolute Gasteiger partial charge is 0.425 e. The topological polar surface area (TPSA) is 100 Å². The van der Waals surface area contributed by atoms with Gasteiger partial charge < -0.3 is 19.6 Å². The number of aromatic nitrogens is 1. The van der Waals surface area contributed by atoms with Gasteiger partial charge in [0, 0.05) is 42.0 Å². The third-order valence-electron chi connectivity index (χ3n) is 9.17. The highest BCUT2D eigenvalue weighted by Crippen LogP contribution is 2.48. The fraction of sp³-hybridized carbons (Fsp3) is 0.515. The number of halogens is 7. The molecule has 50 heavy (non-hydrogen) atoms. The molecule has 17 heteroatoms. The number of carbonyl (C=O) groups excluding carboxylic acids is 2. The summed E-state index contributed by atoms with van der Waals surface area (Å²) in [7, 11) is 0. The van der Waals surface area contributed by atoms with Gasteiger partial charge in [-0.1, -0.05) is 24.9 Å². The quantitative estimate of drug-likeness (QED) is 0.219. The van der Waals surface area contributed by atoms with E-state index in [0.29, 0.717) is 33.4 Å². The van der Waals surface area contributed by atoms with Crippen LogP contribution >= 0.6 is 34.3 Å². The van der Waals surface area contributed by atoms with Gasteiger partial charge in [-0.3, -0.25) is 19.4 Å². The van der Waals surface area contributed by atoms with Gasteiger partial charge in [0.05, 0.1) is 27.4 Å². The highest BCUT2D eigenvalue weighted by atomic mass is 35.5. The van der Waals surface area contributed by atoms with Crippen LogP contribution in [0.2, 0.25) is 4.34 Å². The average molecular weight is 766 g/mol. The van der Waals surface area contributed by atoms with Crippen molar-refractivity contribution in [2.45, 2.75) is 89.3 Å². The number of alkyl halides is 6. The monoisotopic (exact) mass is 765 g/mol. The predicted octanol–water partition coefficient (Wildman–Crippen LogP) is 8.75. The van der Waals surface area contributed by atoms with Crippen LogP contribution in [0.25, 0.3) is 0 Å². The van der Waals surface area contributed by atoms with Gasteiger partial charge in [0.15, 0.2) is 0 Å². The molecule has 1 unspecified atom stereocenters. The SMILES string of the molecule is CCC[C@H]1N(C(=O)c2ncccc2C(F)(F)F)CCC[C@]1(Oc1csc(C(F)(F)F)c1)C(=O)N1CCc2cc(Cl)sc2C1CC(C)(C)C(=O)O. The molecule has 1 saturated heterocycles. The minimum Gasteiger partial charge on any atom is -0.481 e. The lowest BCUT2D eigenvalue weighted by atomic mass is 9.78. The number of carboxylic acids is 1. The van der Waals surface area contributed by atoms with E-state index >= 15 is 4.79 Å². The zero-order valence-electron chi connectivity index (χ0n) is 27.2. The van der Waals surface area contributed by atoms with E-state index in [-0.39, 0.29) is 44.5 Å². The van der Waals surface area contributed by atoms with Gasteiger partial charge in [-0.05, 0) is 63.3 Å². The van der Waals surface area contributed by atoms with Crippen LogP contribution in [0, 0.1) is 5.41 Å². The van der Waals surface area contributed by atoms with Gasteiger partial charge >= 0.3 is 18.3 Å². The minimum atomic E-state index is -4.93. The van der Waals surface area contributed by atoms with E-state index in [4.69, 9.17) is 16.3 Å². The summed E-state index contributed by atoms with van der Waals surface area (Å²) in [6.45, 7) is 4.73. The molecule has 2 aliphatic rings. The van der Waals surface area contributed by atoms with E-state index in [2.05, 4.69) is 4.98 Å². The second-order valence-electron chi connectivity index (χ2n) is 13.0. The number of carbonyl (C=O) groups is 3. The number of likely N-dealkylation sites (tertiary alicyclic amines) is 1. The van der Waals surface area contributed by atoms with Crippen molar-refractivity contribution in [2.75, 3.05) is 13.1 Å². The molecule has 3 atom stereocenters. The third-order valence-corrected chi connectivity index (χ3v) is 11.5. The van der Waals surface area contributed by atoms with Crippen LogP contribution < -0.4 is 4.74 Å². The Balaban J connectivity index is 1.67. The normalized spacial score (nSPS) is 21.6. The van der Waals surface area contributed by atoms with E-state index in [1.54, 1.807) is 13.0 Å². The third kappa shape index (κ3) is 7.33. The van der Waals surface area contributed by atoms with Crippen molar-refractivity contribution in [1.82, 2.24) is 14.8 Å². The van der Waals surface area contributed by atoms with Gasteiger partial charge in [0.25, 0.3) is 11.8 Å². The van der Waals surface area contributed by atoms with Gasteiger partial charge in [-0.25, -0.2) is 0 Å². The first-order chi connectivity index (χ1) is 23.3. The number of hydrogen-bond donors (Lipinski definition) is 1. The van der Waals surface area contributed by atoms with E-state index < -0.39 is 69.4 Å². The molecule has 0 bridgehead atoms. The number of fused-ring (bicyclic) bond motifs is 1. The Morgan fingerprint density at radius 1 is 1.10 bits per heavy atom. The first-order valence-corrected chi connectivity index (χ1v) is 17.9. The number of carboxylic acid groups (broad SMARTS) is 1. The Bertz CT molecular complexity index is 1760. The first-order valence-electron chi connectivity index (χ1n) is 15.8. The maximum absolute atomic E-state index is 15.3. The summed E-state index contributed by atoms with van der Waals surface area (Å²) in [4.78, 5) is 47.6. The van der Waals surface area contributed by atoms with E-state index in [9.17, 15) is 41.0 Å². The second kappa shape index (κ2) is 14.0. The molecule has 2 aliphatic heterocycles. The van der Waals surface area contributed by atoms with Crippen LogP contribution in [0.4, 0.5) is 26.3 Å². The first kappa shape index (κ1) is 37.9. The molecule has 5 heterocycles. The summed E-state index contributed by atoms with van der Waals surface area (Å²) >= 11 is 7.91. The zero-order valence-corrected chi connectivity index (χ0v) is 29.5. The minimum absolute atomic E-state index is 0.0388. The summed E-state index contributed by atoms with van der Waals surface area (Å²) in [5.41, 5.74) is -4.74. The number of hydrogen-bond acceptors (Lipinski definition) is 7. The molecule has 0 spiro atoms. The van der Waals surface area contributed by atoms with Crippen LogP contribution in [-0.2, 0) is 28.4 Å². The van der Waals surface area contributed by atoms with Crippen molar-refractivity contribution < 1.29 is 50.6 Å². The fourth-order valence-electron chi connectivity index (χ4n) is 6.76. The standard InChI is InChI=1S/C33H34ClF6N3O5S2/c1-4-7-22-31(48-19-15-23(49-17-19)33(38,39)40,10-6-12-43(22)27(44)25-20(32(35,36)37)8-5-11-41-25)28(45)42-13-9-18-14-24(34)50-26(18)21(42)16-30(2,3)29(46)47/h5,8,11,14-15,17,21-22H,4,6-7,9-10,12-13,16H2,1-3H3,(H,46,47)/t21?,22-,31-/m1/s1. The van der Waals surface area contributed by atoms with Crippen LogP contribution in [0.5, 0.6) is 5.75 Å². The molecule has 1 fully saturated rings. The van der Waals surface area contributed by atoms with E-state index in [0.717, 1.165) is 40.2 Å². The van der Waals surface area contributed by atoms with Crippen LogP contribution in [0.1, 0.15) is 90.3 Å². The number of ether oxygens (including phenoxy) is 1. The van der Waals surface area contributed by atoms with Crippen LogP contribution in [-0.4, -0.2) is 62.4 Å².